The Kier molecular flexibility index (Phi) is 5.89. The van der Waals surface area contributed by atoms with E-state index in [2.05, 4.69) is 22.2 Å². The molecule has 1 aliphatic carbocycles. The van der Waals surface area contributed by atoms with Gasteiger partial charge in [0.2, 0.25) is 5.88 Å². The van der Waals surface area contributed by atoms with Crippen molar-refractivity contribution in [2.24, 2.45) is 0 Å². The molecule has 5 nitrogen and oxygen atoms in total. The van der Waals surface area contributed by atoms with Gasteiger partial charge in [0.25, 0.3) is 0 Å². The number of hydrogen-bond acceptors (Lipinski definition) is 5. The number of ether oxygens (including phenoxy) is 1. The van der Waals surface area contributed by atoms with Crippen molar-refractivity contribution >= 4 is 11.5 Å². The van der Waals surface area contributed by atoms with Gasteiger partial charge in [-0.05, 0) is 19.3 Å². The second kappa shape index (κ2) is 7.92. The van der Waals surface area contributed by atoms with E-state index >= 15 is 0 Å². The standard InChI is InChI=1S/C15H26N4O/c1-2-3-10-20-15-13(16)14(17-11-18-15)19-12-8-6-4-5-7-9-12/h11-12H,2-10,16H2,1H3,(H,17,18,19). The van der Waals surface area contributed by atoms with Gasteiger partial charge >= 0.3 is 0 Å². The summed E-state index contributed by atoms with van der Waals surface area (Å²) in [4.78, 5) is 8.39. The molecule has 1 fully saturated rings. The first-order chi connectivity index (χ1) is 9.81. The maximum absolute atomic E-state index is 6.11. The van der Waals surface area contributed by atoms with E-state index in [-0.39, 0.29) is 0 Å². The molecule has 2 rings (SSSR count). The SMILES string of the molecule is CCCCOc1ncnc(NC2CCCCCC2)c1N. The van der Waals surface area contributed by atoms with Gasteiger partial charge in [0.15, 0.2) is 5.82 Å². The highest BCUT2D eigenvalue weighted by atomic mass is 16.5. The lowest BCUT2D eigenvalue weighted by molar-refractivity contribution is 0.299. The van der Waals surface area contributed by atoms with Gasteiger partial charge in [0, 0.05) is 6.04 Å². The lowest BCUT2D eigenvalue weighted by Gasteiger charge is -2.18. The normalized spacial score (nSPS) is 16.6. The van der Waals surface area contributed by atoms with Gasteiger partial charge in [-0.2, -0.15) is 4.98 Å². The fraction of sp³-hybridized carbons (Fsp3) is 0.733. The molecule has 5 heteroatoms. The minimum atomic E-state index is 0.471. The summed E-state index contributed by atoms with van der Waals surface area (Å²) in [7, 11) is 0. The van der Waals surface area contributed by atoms with E-state index in [1.54, 1.807) is 0 Å². The number of hydrogen-bond donors (Lipinski definition) is 2. The van der Waals surface area contributed by atoms with Gasteiger partial charge in [-0.25, -0.2) is 4.98 Å². The Bertz CT molecular complexity index is 403. The van der Waals surface area contributed by atoms with Crippen LogP contribution in [0.3, 0.4) is 0 Å². The van der Waals surface area contributed by atoms with Crippen molar-refractivity contribution in [3.05, 3.63) is 6.33 Å². The number of nitrogen functional groups attached to an aromatic ring is 1. The first-order valence-corrected chi connectivity index (χ1v) is 7.81. The summed E-state index contributed by atoms with van der Waals surface area (Å²) in [6.07, 6.45) is 11.2. The Morgan fingerprint density at radius 2 is 2.00 bits per heavy atom. The monoisotopic (exact) mass is 278 g/mol. The average Bonchev–Trinajstić information content (AvgIpc) is 2.72. The van der Waals surface area contributed by atoms with E-state index < -0.39 is 0 Å². The summed E-state index contributed by atoms with van der Waals surface area (Å²) < 4.78 is 5.62. The first-order valence-electron chi connectivity index (χ1n) is 7.81. The molecule has 1 saturated carbocycles. The number of unbranched alkanes of at least 4 members (excludes halogenated alkanes) is 1. The molecule has 3 N–H and O–H groups in total. The van der Waals surface area contributed by atoms with E-state index in [1.165, 1.54) is 44.9 Å². The van der Waals surface area contributed by atoms with Crippen molar-refractivity contribution in [3.8, 4) is 5.88 Å². The van der Waals surface area contributed by atoms with Crippen LogP contribution in [0.25, 0.3) is 0 Å². The van der Waals surface area contributed by atoms with Gasteiger partial charge < -0.3 is 15.8 Å². The third kappa shape index (κ3) is 4.25. The lowest BCUT2D eigenvalue weighted by Crippen LogP contribution is -2.20. The number of nitrogens with one attached hydrogen (secondary N) is 1. The van der Waals surface area contributed by atoms with Gasteiger partial charge in [-0.15, -0.1) is 0 Å². The molecule has 112 valence electrons. The van der Waals surface area contributed by atoms with Crippen LogP contribution in [0.4, 0.5) is 11.5 Å². The quantitative estimate of drug-likeness (QED) is 0.616. The second-order valence-corrected chi connectivity index (χ2v) is 5.48. The van der Waals surface area contributed by atoms with E-state index in [4.69, 9.17) is 10.5 Å². The van der Waals surface area contributed by atoms with Crippen molar-refractivity contribution in [1.82, 2.24) is 9.97 Å². The number of nitrogens with two attached hydrogens (primary N) is 1. The van der Waals surface area contributed by atoms with Crippen molar-refractivity contribution in [3.63, 3.8) is 0 Å². The Hall–Kier alpha value is -1.52. The average molecular weight is 278 g/mol. The molecule has 1 aromatic rings. The van der Waals surface area contributed by atoms with E-state index in [0.717, 1.165) is 18.7 Å². The maximum Gasteiger partial charge on any atom is 0.242 e. The van der Waals surface area contributed by atoms with Crippen molar-refractivity contribution in [2.75, 3.05) is 17.7 Å². The minimum Gasteiger partial charge on any atom is -0.476 e. The Balaban J connectivity index is 1.98. The molecule has 0 radical (unpaired) electrons. The lowest BCUT2D eigenvalue weighted by atomic mass is 10.1. The van der Waals surface area contributed by atoms with Crippen molar-refractivity contribution in [1.29, 1.82) is 0 Å². The molecular weight excluding hydrogens is 252 g/mol. The van der Waals surface area contributed by atoms with Crippen molar-refractivity contribution < 1.29 is 4.74 Å². The highest BCUT2D eigenvalue weighted by Crippen LogP contribution is 2.27. The van der Waals surface area contributed by atoms with Crippen LogP contribution in [-0.2, 0) is 0 Å². The number of anilines is 2. The van der Waals surface area contributed by atoms with Gasteiger partial charge in [-0.3, -0.25) is 0 Å². The summed E-state index contributed by atoms with van der Waals surface area (Å²) in [5.41, 5.74) is 6.64. The topological polar surface area (TPSA) is 73.1 Å². The largest absolute Gasteiger partial charge is 0.476 e. The van der Waals surface area contributed by atoms with Crippen LogP contribution in [0.1, 0.15) is 58.3 Å². The molecule has 20 heavy (non-hydrogen) atoms. The first kappa shape index (κ1) is 14.9. The molecule has 1 heterocycles. The highest BCUT2D eigenvalue weighted by Gasteiger charge is 2.16. The number of rotatable bonds is 6. The molecule has 0 saturated heterocycles. The smallest absolute Gasteiger partial charge is 0.242 e. The van der Waals surface area contributed by atoms with Crippen LogP contribution in [0.2, 0.25) is 0 Å². The zero-order chi connectivity index (χ0) is 14.2. The summed E-state index contributed by atoms with van der Waals surface area (Å²) in [5, 5.41) is 3.46. The Morgan fingerprint density at radius 3 is 2.70 bits per heavy atom. The number of nitrogens with zero attached hydrogens (tertiary/aromatic N) is 2. The summed E-state index contributed by atoms with van der Waals surface area (Å²) >= 11 is 0. The molecule has 0 unspecified atom stereocenters. The molecule has 1 aliphatic rings. The van der Waals surface area contributed by atoms with Crippen LogP contribution in [0, 0.1) is 0 Å². The van der Waals surface area contributed by atoms with Crippen LogP contribution >= 0.6 is 0 Å². The zero-order valence-corrected chi connectivity index (χ0v) is 12.4. The van der Waals surface area contributed by atoms with Crippen LogP contribution in [0.5, 0.6) is 5.88 Å². The summed E-state index contributed by atoms with van der Waals surface area (Å²) in [5.74, 6) is 1.22. The molecule has 0 aromatic carbocycles. The van der Waals surface area contributed by atoms with E-state index in [0.29, 0.717) is 24.2 Å². The van der Waals surface area contributed by atoms with Gasteiger partial charge in [-0.1, -0.05) is 39.0 Å². The minimum absolute atomic E-state index is 0.471. The third-order valence-electron chi connectivity index (χ3n) is 3.78. The zero-order valence-electron chi connectivity index (χ0n) is 12.4. The number of aromatic nitrogens is 2. The molecule has 0 bridgehead atoms. The summed E-state index contributed by atoms with van der Waals surface area (Å²) in [6.45, 7) is 2.78. The third-order valence-corrected chi connectivity index (χ3v) is 3.78. The molecule has 1 aromatic heterocycles. The van der Waals surface area contributed by atoms with Crippen molar-refractivity contribution in [2.45, 2.75) is 64.3 Å². The van der Waals surface area contributed by atoms with Crippen LogP contribution < -0.4 is 15.8 Å². The molecule has 0 amide bonds. The highest BCUT2D eigenvalue weighted by molar-refractivity contribution is 5.66. The predicted octanol–water partition coefficient (Wildman–Crippen LogP) is 3.37. The van der Waals surface area contributed by atoms with Gasteiger partial charge in [0.1, 0.15) is 12.0 Å². The fourth-order valence-corrected chi connectivity index (χ4v) is 2.54. The Labute approximate surface area is 121 Å². The fourth-order valence-electron chi connectivity index (χ4n) is 2.54. The molecule has 0 aliphatic heterocycles. The Morgan fingerprint density at radius 1 is 1.25 bits per heavy atom. The summed E-state index contributed by atoms with van der Waals surface area (Å²) in [6, 6.07) is 0.471. The van der Waals surface area contributed by atoms with E-state index in [9.17, 15) is 0 Å². The van der Waals surface area contributed by atoms with Crippen LogP contribution in [0.15, 0.2) is 6.33 Å². The molecule has 0 atom stereocenters. The molecule has 0 spiro atoms. The maximum atomic E-state index is 6.11. The predicted molar refractivity (Wildman–Crippen MR) is 82.0 cm³/mol. The van der Waals surface area contributed by atoms with Gasteiger partial charge in [0.05, 0.1) is 6.61 Å². The second-order valence-electron chi connectivity index (χ2n) is 5.48. The van der Waals surface area contributed by atoms with E-state index in [1.807, 2.05) is 0 Å². The molecular formula is C15H26N4O. The van der Waals surface area contributed by atoms with Crippen LogP contribution in [-0.4, -0.2) is 22.6 Å².